The summed E-state index contributed by atoms with van der Waals surface area (Å²) in [6, 6.07) is 18.7. The molecule has 2 aromatic heterocycles. The van der Waals surface area contributed by atoms with Crippen molar-refractivity contribution in [3.05, 3.63) is 115 Å². The van der Waals surface area contributed by atoms with Gasteiger partial charge in [0.25, 0.3) is 20.0 Å². The zero-order valence-corrected chi connectivity index (χ0v) is 42.2. The van der Waals surface area contributed by atoms with Crippen LogP contribution in [0.2, 0.25) is 20.1 Å². The molecular weight excluding hydrogens is 1040 g/mol. The summed E-state index contributed by atoms with van der Waals surface area (Å²) in [5.74, 6) is 1.48. The molecule has 350 valence electrons. The highest BCUT2D eigenvalue weighted by atomic mass is 35.5. The number of ether oxygens (including phenoxy) is 4. The Labute approximate surface area is 415 Å². The topological polar surface area (TPSA) is 145 Å². The molecule has 22 heteroatoms. The number of hydrogen-bond donors (Lipinski definition) is 3. The highest BCUT2D eigenvalue weighted by Gasteiger charge is 2.34. The quantitative estimate of drug-likeness (QED) is 0.101. The van der Waals surface area contributed by atoms with Gasteiger partial charge in [0.15, 0.2) is 15.7 Å². The predicted molar refractivity (Wildman–Crippen MR) is 263 cm³/mol. The lowest BCUT2D eigenvalue weighted by Gasteiger charge is -2.26. The van der Waals surface area contributed by atoms with E-state index in [0.29, 0.717) is 72.3 Å². The lowest BCUT2D eigenvalue weighted by Crippen LogP contribution is -2.34. The Morgan fingerprint density at radius 3 is 2.02 bits per heavy atom. The van der Waals surface area contributed by atoms with Crippen LogP contribution in [0.1, 0.15) is 32.3 Å². The van der Waals surface area contributed by atoms with E-state index >= 15 is 0 Å². The van der Waals surface area contributed by atoms with Crippen LogP contribution in [0.25, 0.3) is 22.3 Å². The molecule has 0 amide bonds. The van der Waals surface area contributed by atoms with E-state index in [1.165, 1.54) is 36.4 Å². The van der Waals surface area contributed by atoms with Gasteiger partial charge in [-0.25, -0.2) is 12.8 Å². The number of nitrogens with zero attached hydrogens (tertiary/aromatic N) is 1. The van der Waals surface area contributed by atoms with Crippen molar-refractivity contribution in [2.45, 2.75) is 53.2 Å². The average molecular weight is 1080 g/mol. The monoisotopic (exact) mass is 1070 g/mol. The molecular formula is C44H40Cl5FN4O8S4. The van der Waals surface area contributed by atoms with Crippen molar-refractivity contribution in [2.75, 3.05) is 41.5 Å². The number of thiophene rings is 2. The summed E-state index contributed by atoms with van der Waals surface area (Å²) >= 11 is 33.4. The first-order valence-corrected chi connectivity index (χ1v) is 26.6. The lowest BCUT2D eigenvalue weighted by molar-refractivity contribution is 0.111. The zero-order chi connectivity index (χ0) is 47.2. The van der Waals surface area contributed by atoms with Gasteiger partial charge in [-0.15, -0.1) is 22.7 Å². The van der Waals surface area contributed by atoms with Crippen LogP contribution in [0, 0.1) is 12.7 Å². The van der Waals surface area contributed by atoms with Gasteiger partial charge >= 0.3 is 0 Å². The zero-order valence-electron chi connectivity index (χ0n) is 35.1. The minimum absolute atomic E-state index is 0.0191. The van der Waals surface area contributed by atoms with Gasteiger partial charge in [0.1, 0.15) is 32.7 Å². The Balaban J connectivity index is 0.000000180. The molecule has 66 heavy (non-hydrogen) atoms. The Kier molecular flexibility index (Phi) is 14.3. The third-order valence-electron chi connectivity index (χ3n) is 10.9. The maximum absolute atomic E-state index is 13.4. The minimum atomic E-state index is -4.07. The summed E-state index contributed by atoms with van der Waals surface area (Å²) < 4.78 is 92.5. The normalized spacial score (nSPS) is 19.0. The predicted octanol–water partition coefficient (Wildman–Crippen LogP) is 12.0. The Morgan fingerprint density at radius 1 is 0.742 bits per heavy atom. The molecule has 0 bridgehead atoms. The molecule has 6 aromatic rings. The number of nitrogens with one attached hydrogen (secondary N) is 3. The minimum Gasteiger partial charge on any atom is -0.485 e. The van der Waals surface area contributed by atoms with Crippen LogP contribution < -0.4 is 38.1 Å². The van der Waals surface area contributed by atoms with Crippen molar-refractivity contribution >= 4 is 112 Å². The molecule has 2 saturated heterocycles. The number of halogens is 6. The highest BCUT2D eigenvalue weighted by molar-refractivity contribution is 7.96. The van der Waals surface area contributed by atoms with Gasteiger partial charge in [-0.3, -0.25) is 4.72 Å². The van der Waals surface area contributed by atoms with Crippen LogP contribution >= 0.6 is 80.9 Å². The van der Waals surface area contributed by atoms with E-state index in [4.69, 9.17) is 77.1 Å². The van der Waals surface area contributed by atoms with Gasteiger partial charge in [0, 0.05) is 60.8 Å². The molecule has 3 N–H and O–H groups in total. The summed E-state index contributed by atoms with van der Waals surface area (Å²) in [7, 11) is -8.03. The largest absolute Gasteiger partial charge is 0.485 e. The second-order valence-corrected chi connectivity index (χ2v) is 23.9. The number of fused-ring (bicyclic) bond motifs is 1. The molecule has 0 aliphatic carbocycles. The smallest absolute Gasteiger partial charge is 0.287 e. The van der Waals surface area contributed by atoms with Crippen LogP contribution in [0.5, 0.6) is 23.0 Å². The summed E-state index contributed by atoms with van der Waals surface area (Å²) in [6.45, 7) is 9.03. The van der Waals surface area contributed by atoms with E-state index in [1.54, 1.807) is 35.0 Å². The maximum Gasteiger partial charge on any atom is 0.287 e. The van der Waals surface area contributed by atoms with Gasteiger partial charge in [-0.2, -0.15) is 12.2 Å². The Hall–Kier alpha value is -3.72. The Morgan fingerprint density at radius 2 is 1.38 bits per heavy atom. The summed E-state index contributed by atoms with van der Waals surface area (Å²) in [5, 5.41) is 10.7. The van der Waals surface area contributed by atoms with Crippen molar-refractivity contribution in [3.8, 4) is 45.3 Å². The van der Waals surface area contributed by atoms with Crippen molar-refractivity contribution in [3.63, 3.8) is 0 Å². The first-order valence-electron chi connectivity index (χ1n) is 20.1. The van der Waals surface area contributed by atoms with Gasteiger partial charge in [-0.1, -0.05) is 52.5 Å². The number of benzene rings is 4. The fourth-order valence-corrected chi connectivity index (χ4v) is 13.6. The molecule has 3 aliphatic heterocycles. The second kappa shape index (κ2) is 19.3. The molecule has 12 nitrogen and oxygen atoms in total. The van der Waals surface area contributed by atoms with Crippen molar-refractivity contribution in [1.29, 1.82) is 0 Å². The highest BCUT2D eigenvalue weighted by Crippen LogP contribution is 2.45. The first kappa shape index (κ1) is 48.7. The van der Waals surface area contributed by atoms with Crippen LogP contribution in [-0.2, 0) is 20.0 Å². The molecule has 9 rings (SSSR count). The van der Waals surface area contributed by atoms with Gasteiger partial charge in [-0.05, 0) is 116 Å². The lowest BCUT2D eigenvalue weighted by atomic mass is 10.0. The number of sulfonamides is 2. The summed E-state index contributed by atoms with van der Waals surface area (Å²) in [6.07, 6.45) is 1.62. The maximum atomic E-state index is 13.4. The molecule has 0 unspecified atom stereocenters. The number of rotatable bonds is 12. The van der Waals surface area contributed by atoms with E-state index in [1.807, 2.05) is 32.9 Å². The third kappa shape index (κ3) is 10.5. The average Bonchev–Trinajstić information content (AvgIpc) is 4.13. The summed E-state index contributed by atoms with van der Waals surface area (Å²) in [4.78, 5) is 0. The number of hydrogen-bond acceptors (Lipinski definition) is 12. The van der Waals surface area contributed by atoms with E-state index in [0.717, 1.165) is 59.7 Å². The third-order valence-corrected chi connectivity index (χ3v) is 19.0. The fourth-order valence-electron chi connectivity index (χ4n) is 7.34. The van der Waals surface area contributed by atoms with Crippen molar-refractivity contribution in [1.82, 2.24) is 10.6 Å². The van der Waals surface area contributed by atoms with Gasteiger partial charge < -0.3 is 29.6 Å². The molecule has 0 saturated carbocycles. The van der Waals surface area contributed by atoms with Crippen LogP contribution in [0.4, 0.5) is 15.8 Å². The summed E-state index contributed by atoms with van der Waals surface area (Å²) in [5.41, 5.74) is 3.15. The van der Waals surface area contributed by atoms with E-state index in [9.17, 15) is 21.2 Å². The molecule has 0 spiro atoms. The molecule has 0 radical (unpaired) electrons. The van der Waals surface area contributed by atoms with Crippen molar-refractivity contribution in [2.24, 2.45) is 0 Å². The van der Waals surface area contributed by atoms with Gasteiger partial charge in [0.05, 0.1) is 31.5 Å². The second-order valence-electron chi connectivity index (χ2n) is 16.1. The molecule has 5 heterocycles. The standard InChI is InChI=1S/C23H22Cl2N2O5S2.C21H18Cl3FN2O3S2/c1-13-7-19-20(31-12-30-19)9-15(13)16-10-33-22(21(16)25)34(28,29)27-14-3-4-17(24)18(8-14)32-23(2)5-6-26-11-23;1-21(6-7-26-12-21)30-19-10-15(3-4-16(19)22)27(24)32(28,29)20-9-14(11-31-20)13-2-5-18(25)17(23)8-13/h3-4,7-10,26-27H,5-6,11-12H2,1-2H3;2-5,8-11,26H,6-7,12H2,1H3/t23-;21-/m11/s1. The van der Waals surface area contributed by atoms with E-state index in [2.05, 4.69) is 15.4 Å². The molecule has 2 atom stereocenters. The number of aryl methyl sites for hydroxylation is 1. The number of anilines is 2. The van der Waals surface area contributed by atoms with E-state index in [-0.39, 0.29) is 30.9 Å². The SMILES string of the molecule is C[C@@]1(Oc2cc(N(Cl)S(=O)(=O)c3cc(-c4ccc(F)c(Cl)c4)cs3)ccc2Cl)CCNC1.Cc1cc2c(cc1-c1csc(S(=O)(=O)Nc3ccc(Cl)c(O[C@]4(C)CCNC4)c3)c1Cl)OCO2. The Bertz CT molecular complexity index is 3030. The molecule has 2 fully saturated rings. The first-order chi connectivity index (χ1) is 31.2. The van der Waals surface area contributed by atoms with Crippen LogP contribution in [0.3, 0.4) is 0 Å². The molecule has 3 aliphatic rings. The fraction of sp³-hybridized carbons (Fsp3) is 0.273. The van der Waals surface area contributed by atoms with Crippen LogP contribution in [-0.4, -0.2) is 61.0 Å². The van der Waals surface area contributed by atoms with Crippen molar-refractivity contribution < 1.29 is 40.2 Å². The van der Waals surface area contributed by atoms with Gasteiger partial charge in [0.2, 0.25) is 6.79 Å². The van der Waals surface area contributed by atoms with E-state index < -0.39 is 37.1 Å². The van der Waals surface area contributed by atoms with Crippen LogP contribution in [0.15, 0.2) is 92.0 Å². The molecule has 4 aromatic carbocycles.